The minimum absolute atomic E-state index is 0.0360. The number of hydrogen-bond acceptors (Lipinski definition) is 4. The van der Waals surface area contributed by atoms with Crippen LogP contribution in [0.4, 0.5) is 8.78 Å². The van der Waals surface area contributed by atoms with Crippen LogP contribution in [-0.2, 0) is 4.74 Å². The number of Topliss-reactive ketones (excluding diaryl/α,β-unsaturated/α-hetero) is 1. The van der Waals surface area contributed by atoms with E-state index in [9.17, 15) is 18.7 Å². The van der Waals surface area contributed by atoms with Gasteiger partial charge in [0.05, 0.1) is 17.7 Å². The van der Waals surface area contributed by atoms with Gasteiger partial charge >= 0.3 is 0 Å². The van der Waals surface area contributed by atoms with Gasteiger partial charge < -0.3 is 9.84 Å². The molecule has 6 heteroatoms. The molecule has 1 saturated heterocycles. The average molecular weight is 299 g/mol. The van der Waals surface area contributed by atoms with Gasteiger partial charge in [0.15, 0.2) is 5.78 Å². The zero-order valence-electron chi connectivity index (χ0n) is 11.9. The maximum atomic E-state index is 13.5. The third-order valence-electron chi connectivity index (χ3n) is 3.63. The van der Waals surface area contributed by atoms with Crippen molar-refractivity contribution in [2.24, 2.45) is 0 Å². The first kappa shape index (κ1) is 16.0. The van der Waals surface area contributed by atoms with Crippen molar-refractivity contribution in [1.29, 1.82) is 0 Å². The van der Waals surface area contributed by atoms with Gasteiger partial charge in [-0.2, -0.15) is 0 Å². The van der Waals surface area contributed by atoms with E-state index in [0.717, 1.165) is 12.1 Å². The van der Waals surface area contributed by atoms with Crippen LogP contribution in [0.3, 0.4) is 0 Å². The molecule has 1 N–H and O–H groups in total. The SMILES string of the molecule is CN(CC(=O)c1ccc(F)cc1F)CC1(O)CCOCC1. The highest BCUT2D eigenvalue weighted by atomic mass is 19.1. The Morgan fingerprint density at radius 3 is 2.67 bits per heavy atom. The molecule has 1 aliphatic heterocycles. The van der Waals surface area contributed by atoms with Gasteiger partial charge in [0, 0.05) is 38.7 Å². The second-order valence-electron chi connectivity index (χ2n) is 5.56. The maximum absolute atomic E-state index is 13.5. The highest BCUT2D eigenvalue weighted by Gasteiger charge is 2.31. The van der Waals surface area contributed by atoms with Gasteiger partial charge in [-0.3, -0.25) is 9.69 Å². The van der Waals surface area contributed by atoms with E-state index in [0.29, 0.717) is 38.7 Å². The summed E-state index contributed by atoms with van der Waals surface area (Å²) >= 11 is 0. The van der Waals surface area contributed by atoms with E-state index >= 15 is 0 Å². The standard InChI is InChI=1S/C15H19F2NO3/c1-18(10-15(20)4-6-21-7-5-15)9-14(19)12-3-2-11(16)8-13(12)17/h2-3,8,20H,4-7,9-10H2,1H3. The predicted octanol–water partition coefficient (Wildman–Crippen LogP) is 1.62. The number of likely N-dealkylation sites (N-methyl/N-ethyl adjacent to an activating group) is 1. The number of aliphatic hydroxyl groups is 1. The minimum atomic E-state index is -0.880. The first-order valence-electron chi connectivity index (χ1n) is 6.86. The maximum Gasteiger partial charge on any atom is 0.179 e. The minimum Gasteiger partial charge on any atom is -0.388 e. The molecule has 0 aromatic heterocycles. The third kappa shape index (κ3) is 4.30. The Balaban J connectivity index is 1.95. The Hall–Kier alpha value is -1.37. The fourth-order valence-electron chi connectivity index (χ4n) is 2.51. The van der Waals surface area contributed by atoms with Gasteiger partial charge in [-0.15, -0.1) is 0 Å². The van der Waals surface area contributed by atoms with Crippen LogP contribution in [0, 0.1) is 11.6 Å². The van der Waals surface area contributed by atoms with E-state index in [2.05, 4.69) is 0 Å². The highest BCUT2D eigenvalue weighted by Crippen LogP contribution is 2.21. The van der Waals surface area contributed by atoms with Crippen molar-refractivity contribution in [2.75, 3.05) is 33.4 Å². The summed E-state index contributed by atoms with van der Waals surface area (Å²) in [7, 11) is 1.69. The predicted molar refractivity (Wildman–Crippen MR) is 73.2 cm³/mol. The fraction of sp³-hybridized carbons (Fsp3) is 0.533. The van der Waals surface area contributed by atoms with Crippen molar-refractivity contribution in [3.8, 4) is 0 Å². The van der Waals surface area contributed by atoms with Crippen LogP contribution in [0.1, 0.15) is 23.2 Å². The smallest absolute Gasteiger partial charge is 0.179 e. The number of carbonyl (C=O) groups is 1. The van der Waals surface area contributed by atoms with Gasteiger partial charge in [-0.05, 0) is 19.2 Å². The summed E-state index contributed by atoms with van der Waals surface area (Å²) in [5, 5.41) is 10.4. The number of rotatable bonds is 5. The van der Waals surface area contributed by atoms with Gasteiger partial charge in [-0.1, -0.05) is 0 Å². The van der Waals surface area contributed by atoms with Gasteiger partial charge in [0.25, 0.3) is 0 Å². The molecule has 1 fully saturated rings. The van der Waals surface area contributed by atoms with Crippen LogP contribution in [0.25, 0.3) is 0 Å². The van der Waals surface area contributed by atoms with Crippen LogP contribution < -0.4 is 0 Å². The van der Waals surface area contributed by atoms with Crippen LogP contribution in [0.15, 0.2) is 18.2 Å². The molecule has 0 unspecified atom stereocenters. The summed E-state index contributed by atoms with van der Waals surface area (Å²) in [6.07, 6.45) is 1.02. The number of ketones is 1. The largest absolute Gasteiger partial charge is 0.388 e. The van der Waals surface area contributed by atoms with Crippen molar-refractivity contribution in [3.05, 3.63) is 35.4 Å². The molecule has 1 aromatic rings. The molecule has 116 valence electrons. The zero-order chi connectivity index (χ0) is 15.5. The lowest BCUT2D eigenvalue weighted by atomic mass is 9.94. The van der Waals surface area contributed by atoms with E-state index in [1.165, 1.54) is 0 Å². The molecular formula is C15H19F2NO3. The van der Waals surface area contributed by atoms with E-state index < -0.39 is 23.0 Å². The molecule has 2 rings (SSSR count). The average Bonchev–Trinajstić information content (AvgIpc) is 2.38. The number of ether oxygens (including phenoxy) is 1. The van der Waals surface area contributed by atoms with E-state index in [1.807, 2.05) is 0 Å². The molecule has 4 nitrogen and oxygen atoms in total. The van der Waals surface area contributed by atoms with E-state index in [1.54, 1.807) is 11.9 Å². The Kier molecular flexibility index (Phi) is 5.03. The molecule has 0 aliphatic carbocycles. The molecule has 0 radical (unpaired) electrons. The molecule has 0 saturated carbocycles. The number of nitrogens with zero attached hydrogens (tertiary/aromatic N) is 1. The van der Waals surface area contributed by atoms with Crippen molar-refractivity contribution in [1.82, 2.24) is 4.90 Å². The van der Waals surface area contributed by atoms with Crippen molar-refractivity contribution < 1.29 is 23.4 Å². The topological polar surface area (TPSA) is 49.8 Å². The first-order valence-corrected chi connectivity index (χ1v) is 6.86. The summed E-state index contributed by atoms with van der Waals surface area (Å²) in [5.74, 6) is -2.02. The number of halogens is 2. The Morgan fingerprint density at radius 2 is 2.05 bits per heavy atom. The van der Waals surface area contributed by atoms with Crippen LogP contribution in [0.5, 0.6) is 0 Å². The summed E-state index contributed by atoms with van der Waals surface area (Å²) in [6.45, 7) is 1.26. The monoisotopic (exact) mass is 299 g/mol. The summed E-state index contributed by atoms with van der Waals surface area (Å²) in [5.41, 5.74) is -1.02. The number of hydrogen-bond donors (Lipinski definition) is 1. The molecule has 1 aliphatic rings. The Labute approximate surface area is 122 Å². The van der Waals surface area contributed by atoms with Gasteiger partial charge in [-0.25, -0.2) is 8.78 Å². The second kappa shape index (κ2) is 6.60. The molecule has 0 bridgehead atoms. The molecular weight excluding hydrogens is 280 g/mol. The molecule has 1 heterocycles. The molecule has 0 amide bonds. The molecule has 0 atom stereocenters. The lowest BCUT2D eigenvalue weighted by Gasteiger charge is -2.35. The van der Waals surface area contributed by atoms with E-state index in [4.69, 9.17) is 4.74 Å². The third-order valence-corrected chi connectivity index (χ3v) is 3.63. The normalized spacial score (nSPS) is 18.0. The molecule has 0 spiro atoms. The Bertz CT molecular complexity index is 516. The van der Waals surface area contributed by atoms with E-state index in [-0.39, 0.29) is 12.1 Å². The quantitative estimate of drug-likeness (QED) is 0.840. The van der Waals surface area contributed by atoms with Crippen molar-refractivity contribution >= 4 is 5.78 Å². The van der Waals surface area contributed by atoms with Crippen molar-refractivity contribution in [2.45, 2.75) is 18.4 Å². The van der Waals surface area contributed by atoms with Crippen LogP contribution in [-0.4, -0.2) is 54.7 Å². The lowest BCUT2D eigenvalue weighted by Crippen LogP contribution is -2.46. The van der Waals surface area contributed by atoms with Gasteiger partial charge in [0.1, 0.15) is 11.6 Å². The lowest BCUT2D eigenvalue weighted by molar-refractivity contribution is -0.0758. The molecule has 21 heavy (non-hydrogen) atoms. The van der Waals surface area contributed by atoms with Gasteiger partial charge in [0.2, 0.25) is 0 Å². The molecule has 1 aromatic carbocycles. The summed E-state index contributed by atoms with van der Waals surface area (Å²) in [6, 6.07) is 2.89. The van der Waals surface area contributed by atoms with Crippen LogP contribution >= 0.6 is 0 Å². The van der Waals surface area contributed by atoms with Crippen molar-refractivity contribution in [3.63, 3.8) is 0 Å². The Morgan fingerprint density at radius 1 is 1.38 bits per heavy atom. The second-order valence-corrected chi connectivity index (χ2v) is 5.56. The zero-order valence-corrected chi connectivity index (χ0v) is 11.9. The first-order chi connectivity index (χ1) is 9.89. The number of carbonyl (C=O) groups excluding carboxylic acids is 1. The number of benzene rings is 1. The fourth-order valence-corrected chi connectivity index (χ4v) is 2.51. The summed E-state index contributed by atoms with van der Waals surface area (Å²) < 4.78 is 31.6. The highest BCUT2D eigenvalue weighted by molar-refractivity contribution is 5.97. The van der Waals surface area contributed by atoms with Crippen LogP contribution in [0.2, 0.25) is 0 Å². The summed E-state index contributed by atoms with van der Waals surface area (Å²) in [4.78, 5) is 13.7.